The summed E-state index contributed by atoms with van der Waals surface area (Å²) >= 11 is 0. The fourth-order valence-electron chi connectivity index (χ4n) is 6.85. The van der Waals surface area contributed by atoms with Gasteiger partial charge in [0.05, 0.1) is 6.57 Å². The molecule has 234 valence electrons. The zero-order valence-electron chi connectivity index (χ0n) is 27.5. The van der Waals surface area contributed by atoms with Crippen molar-refractivity contribution in [1.82, 2.24) is 0 Å². The predicted octanol–water partition coefficient (Wildman–Crippen LogP) is 13.6. The van der Waals surface area contributed by atoms with Gasteiger partial charge in [-0.3, -0.25) is 0 Å². The van der Waals surface area contributed by atoms with Gasteiger partial charge in [-0.15, -0.1) is 0 Å². The molecule has 8 aromatic carbocycles. The largest absolute Gasteiger partial charge is 0.238 e. The minimum absolute atomic E-state index is 0.655. The average Bonchev–Trinajstić information content (AvgIpc) is 3.19. The van der Waals surface area contributed by atoms with Gasteiger partial charge >= 0.3 is 0 Å². The molecule has 1 heteroatoms. The van der Waals surface area contributed by atoms with Crippen LogP contribution in [0.1, 0.15) is 27.8 Å². The smallest absolute Gasteiger partial charge is 0.187 e. The van der Waals surface area contributed by atoms with Gasteiger partial charge in [0.2, 0.25) is 0 Å². The average molecular weight is 636 g/mol. The highest BCUT2D eigenvalue weighted by Gasteiger charge is 2.16. The maximum atomic E-state index is 7.18. The highest BCUT2D eigenvalue weighted by Crippen LogP contribution is 2.43. The van der Waals surface area contributed by atoms with Crippen molar-refractivity contribution >= 4 is 51.0 Å². The van der Waals surface area contributed by atoms with Crippen LogP contribution in [-0.2, 0) is 0 Å². The quantitative estimate of drug-likeness (QED) is 0.0932. The number of nitrogens with zero attached hydrogens (tertiary/aromatic N) is 1. The van der Waals surface area contributed by atoms with Crippen molar-refractivity contribution in [3.8, 4) is 22.3 Å². The predicted molar refractivity (Wildman–Crippen MR) is 214 cm³/mol. The summed E-state index contributed by atoms with van der Waals surface area (Å²) in [6.45, 7) is 7.18. The van der Waals surface area contributed by atoms with Crippen LogP contribution in [0.4, 0.5) is 5.69 Å². The van der Waals surface area contributed by atoms with Gasteiger partial charge in [0, 0.05) is 0 Å². The molecule has 0 aromatic heterocycles. The van der Waals surface area contributed by atoms with Gasteiger partial charge in [0.25, 0.3) is 0 Å². The number of rotatable bonds is 7. The Morgan fingerprint density at radius 3 is 1.14 bits per heavy atom. The molecule has 50 heavy (non-hydrogen) atoms. The van der Waals surface area contributed by atoms with Crippen LogP contribution in [0.5, 0.6) is 0 Å². The Bertz CT molecular complexity index is 2430. The second-order valence-electron chi connectivity index (χ2n) is 12.4. The van der Waals surface area contributed by atoms with Crippen LogP contribution in [0.25, 0.3) is 72.4 Å². The lowest BCUT2D eigenvalue weighted by Gasteiger charge is -2.18. The highest BCUT2D eigenvalue weighted by molar-refractivity contribution is 6.21. The first-order valence-corrected chi connectivity index (χ1v) is 16.9. The zero-order chi connectivity index (χ0) is 33.7. The molecule has 0 aliphatic heterocycles. The van der Waals surface area contributed by atoms with E-state index >= 15 is 0 Å². The van der Waals surface area contributed by atoms with Crippen LogP contribution >= 0.6 is 0 Å². The van der Waals surface area contributed by atoms with E-state index < -0.39 is 0 Å². The van der Waals surface area contributed by atoms with Gasteiger partial charge in [-0.25, -0.2) is 4.85 Å². The van der Waals surface area contributed by atoms with E-state index in [0.29, 0.717) is 5.69 Å². The van der Waals surface area contributed by atoms with E-state index in [9.17, 15) is 0 Å². The summed E-state index contributed by atoms with van der Waals surface area (Å²) in [5, 5.41) is 4.96. The third-order valence-corrected chi connectivity index (χ3v) is 9.30. The van der Waals surface area contributed by atoms with Crippen molar-refractivity contribution in [3.05, 3.63) is 221 Å². The Kier molecular flexibility index (Phi) is 8.42. The van der Waals surface area contributed by atoms with Crippen molar-refractivity contribution in [2.75, 3.05) is 0 Å². The summed E-state index contributed by atoms with van der Waals surface area (Å²) in [7, 11) is 0. The Balaban J connectivity index is 1.19. The summed E-state index contributed by atoms with van der Waals surface area (Å²) < 4.78 is 0. The van der Waals surface area contributed by atoms with Crippen molar-refractivity contribution in [2.24, 2.45) is 0 Å². The SMILES string of the molecule is [C-]#[N+]c1ccc(/C=C/c2ccc(-c3c4ccccc4c(-c4ccc(C=C(c5ccccc5)c5ccccc5)cc4)c4ccccc34)cc2)cc1. The lowest BCUT2D eigenvalue weighted by Crippen LogP contribution is -1.91. The summed E-state index contributed by atoms with van der Waals surface area (Å²) in [6, 6.07) is 64.3. The lowest BCUT2D eigenvalue weighted by molar-refractivity contribution is 1.55. The molecule has 0 heterocycles. The molecule has 0 radical (unpaired) electrons. The molecule has 0 saturated carbocycles. The maximum absolute atomic E-state index is 7.18. The molecular weight excluding hydrogens is 603 g/mol. The van der Waals surface area contributed by atoms with E-state index in [0.717, 1.165) is 16.7 Å². The standard InChI is InChI=1S/C49H33N/c1-50-42-32-26-36(27-33-42)21-20-35-22-28-40(29-23-35)48-43-16-8-10-18-45(43)49(46-19-11-9-17-44(46)48)41-30-24-37(25-31-41)34-47(38-12-4-2-5-13-38)39-14-6-3-7-15-39/h2-34H/b21-20+. The molecule has 0 atom stereocenters. The van der Waals surface area contributed by atoms with Crippen LogP contribution in [0, 0.1) is 6.57 Å². The Morgan fingerprint density at radius 1 is 0.380 bits per heavy atom. The highest BCUT2D eigenvalue weighted by atomic mass is 14.6. The van der Waals surface area contributed by atoms with Gasteiger partial charge < -0.3 is 0 Å². The van der Waals surface area contributed by atoms with E-state index in [1.807, 2.05) is 24.3 Å². The Hall–Kier alpha value is -6.75. The van der Waals surface area contributed by atoms with E-state index in [2.05, 4.69) is 181 Å². The summed E-state index contributed by atoms with van der Waals surface area (Å²) in [4.78, 5) is 3.49. The minimum Gasteiger partial charge on any atom is -0.238 e. The molecule has 0 N–H and O–H groups in total. The number of hydrogen-bond acceptors (Lipinski definition) is 0. The first kappa shape index (κ1) is 30.6. The summed E-state index contributed by atoms with van der Waals surface area (Å²) in [6.07, 6.45) is 6.50. The molecule has 0 amide bonds. The summed E-state index contributed by atoms with van der Waals surface area (Å²) in [5.41, 5.74) is 12.5. The van der Waals surface area contributed by atoms with Crippen LogP contribution in [-0.4, -0.2) is 0 Å². The first-order chi connectivity index (χ1) is 24.7. The van der Waals surface area contributed by atoms with Crippen molar-refractivity contribution in [3.63, 3.8) is 0 Å². The fraction of sp³-hybridized carbons (Fsp3) is 0. The van der Waals surface area contributed by atoms with Crippen LogP contribution in [0.2, 0.25) is 0 Å². The topological polar surface area (TPSA) is 4.36 Å². The Labute approximate surface area is 293 Å². The second-order valence-corrected chi connectivity index (χ2v) is 12.4. The van der Waals surface area contributed by atoms with Crippen molar-refractivity contribution < 1.29 is 0 Å². The van der Waals surface area contributed by atoms with E-state index in [-0.39, 0.29) is 0 Å². The lowest BCUT2D eigenvalue weighted by atomic mass is 9.85. The van der Waals surface area contributed by atoms with Gasteiger partial charge in [-0.05, 0) is 83.3 Å². The van der Waals surface area contributed by atoms with Gasteiger partial charge in [0.15, 0.2) is 5.69 Å². The van der Waals surface area contributed by atoms with Crippen molar-refractivity contribution in [2.45, 2.75) is 0 Å². The van der Waals surface area contributed by atoms with Crippen LogP contribution in [0.3, 0.4) is 0 Å². The Morgan fingerprint density at radius 2 is 0.740 bits per heavy atom. The number of benzene rings is 8. The molecule has 8 rings (SSSR count). The van der Waals surface area contributed by atoms with E-state index in [4.69, 9.17) is 6.57 Å². The first-order valence-electron chi connectivity index (χ1n) is 16.9. The maximum Gasteiger partial charge on any atom is 0.187 e. The molecule has 0 aliphatic carbocycles. The molecule has 0 spiro atoms. The molecule has 8 aromatic rings. The molecule has 0 fully saturated rings. The van der Waals surface area contributed by atoms with E-state index in [1.165, 1.54) is 60.5 Å². The number of fused-ring (bicyclic) bond motifs is 2. The van der Waals surface area contributed by atoms with Gasteiger partial charge in [-0.2, -0.15) is 0 Å². The van der Waals surface area contributed by atoms with Gasteiger partial charge in [0.1, 0.15) is 0 Å². The third kappa shape index (κ3) is 6.15. The molecule has 0 bridgehead atoms. The minimum atomic E-state index is 0.655. The van der Waals surface area contributed by atoms with E-state index in [1.54, 1.807) is 0 Å². The third-order valence-electron chi connectivity index (χ3n) is 9.30. The second kappa shape index (κ2) is 13.8. The normalized spacial score (nSPS) is 11.1. The molecule has 0 saturated heterocycles. The summed E-state index contributed by atoms with van der Waals surface area (Å²) in [5.74, 6) is 0. The molecule has 0 unspecified atom stereocenters. The van der Waals surface area contributed by atoms with Crippen LogP contribution in [0.15, 0.2) is 182 Å². The molecule has 1 nitrogen and oxygen atoms in total. The molecule has 0 aliphatic rings. The van der Waals surface area contributed by atoms with Crippen molar-refractivity contribution in [1.29, 1.82) is 0 Å². The zero-order valence-corrected chi connectivity index (χ0v) is 27.5. The monoisotopic (exact) mass is 635 g/mol. The fourth-order valence-corrected chi connectivity index (χ4v) is 6.85. The van der Waals surface area contributed by atoms with Crippen LogP contribution < -0.4 is 0 Å². The van der Waals surface area contributed by atoms with Gasteiger partial charge in [-0.1, -0.05) is 194 Å². The number of hydrogen-bond donors (Lipinski definition) is 0. The molecular formula is C49H33N.